The van der Waals surface area contributed by atoms with Crippen molar-refractivity contribution >= 4 is 23.1 Å². The van der Waals surface area contributed by atoms with Crippen LogP contribution in [0.2, 0.25) is 0 Å². The molecule has 0 radical (unpaired) electrons. The first kappa shape index (κ1) is 17.8. The van der Waals surface area contributed by atoms with Gasteiger partial charge in [0.25, 0.3) is 5.91 Å². The van der Waals surface area contributed by atoms with Gasteiger partial charge >= 0.3 is 0 Å². The van der Waals surface area contributed by atoms with Crippen molar-refractivity contribution in [1.82, 2.24) is 9.97 Å². The molecule has 0 atom stereocenters. The number of amides is 1. The number of nitrogens with one attached hydrogen (secondary N) is 2. The van der Waals surface area contributed by atoms with Gasteiger partial charge in [-0.1, -0.05) is 19.3 Å². The molecule has 2 N–H and O–H groups in total. The van der Waals surface area contributed by atoms with Gasteiger partial charge in [-0.05, 0) is 49.9 Å². The smallest absolute Gasteiger partial charge is 0.275 e. The lowest BCUT2D eigenvalue weighted by atomic mass is 9.96. The van der Waals surface area contributed by atoms with Crippen LogP contribution in [0.3, 0.4) is 0 Å². The van der Waals surface area contributed by atoms with Crippen molar-refractivity contribution < 1.29 is 4.79 Å². The second-order valence-corrected chi connectivity index (χ2v) is 7.46. The first-order chi connectivity index (χ1) is 13.3. The molecule has 1 saturated heterocycles. The Hall–Kier alpha value is -2.63. The van der Waals surface area contributed by atoms with Crippen molar-refractivity contribution in [3.63, 3.8) is 0 Å². The fourth-order valence-corrected chi connectivity index (χ4v) is 3.90. The predicted molar refractivity (Wildman–Crippen MR) is 108 cm³/mol. The molecule has 1 aliphatic heterocycles. The summed E-state index contributed by atoms with van der Waals surface area (Å²) in [6, 6.07) is 8.48. The van der Waals surface area contributed by atoms with E-state index < -0.39 is 0 Å². The van der Waals surface area contributed by atoms with E-state index in [0.29, 0.717) is 11.7 Å². The van der Waals surface area contributed by atoms with E-state index in [4.69, 9.17) is 0 Å². The fraction of sp³-hybridized carbons (Fsp3) is 0.476. The van der Waals surface area contributed by atoms with E-state index in [1.807, 2.05) is 12.1 Å². The highest BCUT2D eigenvalue weighted by molar-refractivity contribution is 6.02. The van der Waals surface area contributed by atoms with E-state index >= 15 is 0 Å². The molecule has 6 nitrogen and oxygen atoms in total. The largest absolute Gasteiger partial charge is 0.372 e. The number of nitrogens with zero attached hydrogens (tertiary/aromatic N) is 3. The SMILES string of the molecule is O=C(Nc1ccc(N2CCCC2)cc1)c1cnc(NC2CCCCC2)cn1. The van der Waals surface area contributed by atoms with Gasteiger partial charge in [0.15, 0.2) is 0 Å². The minimum Gasteiger partial charge on any atom is -0.372 e. The maximum absolute atomic E-state index is 12.4. The van der Waals surface area contributed by atoms with Crippen LogP contribution >= 0.6 is 0 Å². The summed E-state index contributed by atoms with van der Waals surface area (Å²) in [5.41, 5.74) is 2.31. The number of hydrogen-bond acceptors (Lipinski definition) is 5. The third-order valence-electron chi connectivity index (χ3n) is 5.44. The van der Waals surface area contributed by atoms with Crippen molar-refractivity contribution in [2.75, 3.05) is 28.6 Å². The normalized spacial score (nSPS) is 17.7. The van der Waals surface area contributed by atoms with Gasteiger partial charge in [-0.15, -0.1) is 0 Å². The zero-order valence-corrected chi connectivity index (χ0v) is 15.7. The number of carbonyl (C=O) groups excluding carboxylic acids is 1. The molecule has 2 aliphatic rings. The van der Waals surface area contributed by atoms with Gasteiger partial charge in [0, 0.05) is 30.5 Å². The standard InChI is InChI=1S/C21H27N5O/c27-21(25-17-8-10-18(11-9-17)26-12-4-5-13-26)19-14-23-20(15-22-19)24-16-6-2-1-3-7-16/h8-11,14-16H,1-7,12-13H2,(H,23,24)(H,25,27). The zero-order valence-electron chi connectivity index (χ0n) is 15.7. The summed E-state index contributed by atoms with van der Waals surface area (Å²) in [6.07, 6.45) is 11.9. The summed E-state index contributed by atoms with van der Waals surface area (Å²) >= 11 is 0. The predicted octanol–water partition coefficient (Wildman–Crippen LogP) is 4.07. The molecule has 1 saturated carbocycles. The van der Waals surface area contributed by atoms with Crippen LogP contribution < -0.4 is 15.5 Å². The molecular formula is C21H27N5O. The molecule has 27 heavy (non-hydrogen) atoms. The Morgan fingerprint density at radius 3 is 2.33 bits per heavy atom. The quantitative estimate of drug-likeness (QED) is 0.836. The molecule has 4 rings (SSSR count). The Labute approximate surface area is 160 Å². The Kier molecular flexibility index (Phi) is 5.51. The van der Waals surface area contributed by atoms with Gasteiger partial charge < -0.3 is 15.5 Å². The van der Waals surface area contributed by atoms with Crippen molar-refractivity contribution in [3.05, 3.63) is 42.4 Å². The number of hydrogen-bond donors (Lipinski definition) is 2. The van der Waals surface area contributed by atoms with Crippen LogP contribution in [0.4, 0.5) is 17.2 Å². The van der Waals surface area contributed by atoms with E-state index in [1.165, 1.54) is 50.6 Å². The van der Waals surface area contributed by atoms with Crippen LogP contribution in [-0.4, -0.2) is 35.0 Å². The first-order valence-electron chi connectivity index (χ1n) is 10.0. The molecule has 142 valence electrons. The van der Waals surface area contributed by atoms with Crippen molar-refractivity contribution in [2.45, 2.75) is 51.0 Å². The minimum atomic E-state index is -0.236. The van der Waals surface area contributed by atoms with E-state index in [9.17, 15) is 4.79 Å². The highest BCUT2D eigenvalue weighted by Crippen LogP contribution is 2.23. The highest BCUT2D eigenvalue weighted by Gasteiger charge is 2.15. The Morgan fingerprint density at radius 2 is 1.67 bits per heavy atom. The maximum atomic E-state index is 12.4. The van der Waals surface area contributed by atoms with Crippen LogP contribution in [-0.2, 0) is 0 Å². The molecule has 2 heterocycles. The van der Waals surface area contributed by atoms with Crippen molar-refractivity contribution in [3.8, 4) is 0 Å². The van der Waals surface area contributed by atoms with Gasteiger partial charge in [0.2, 0.25) is 0 Å². The number of benzene rings is 1. The fourth-order valence-electron chi connectivity index (χ4n) is 3.90. The van der Waals surface area contributed by atoms with Crippen molar-refractivity contribution in [2.24, 2.45) is 0 Å². The Bertz CT molecular complexity index is 747. The van der Waals surface area contributed by atoms with Crippen LogP contribution in [0.5, 0.6) is 0 Å². The molecule has 1 aromatic heterocycles. The Morgan fingerprint density at radius 1 is 0.926 bits per heavy atom. The van der Waals surface area contributed by atoms with E-state index in [0.717, 1.165) is 24.6 Å². The summed E-state index contributed by atoms with van der Waals surface area (Å²) < 4.78 is 0. The molecule has 0 bridgehead atoms. The van der Waals surface area contributed by atoms with Crippen LogP contribution in [0, 0.1) is 0 Å². The summed E-state index contributed by atoms with van der Waals surface area (Å²) in [5.74, 6) is 0.508. The molecule has 2 aromatic rings. The summed E-state index contributed by atoms with van der Waals surface area (Å²) in [4.78, 5) is 23.4. The van der Waals surface area contributed by atoms with Gasteiger partial charge in [-0.25, -0.2) is 9.97 Å². The highest BCUT2D eigenvalue weighted by atomic mass is 16.1. The lowest BCUT2D eigenvalue weighted by Gasteiger charge is -2.23. The lowest BCUT2D eigenvalue weighted by molar-refractivity contribution is 0.102. The Balaban J connectivity index is 1.33. The third kappa shape index (κ3) is 4.56. The molecule has 6 heteroatoms. The summed E-state index contributed by atoms with van der Waals surface area (Å²) in [7, 11) is 0. The monoisotopic (exact) mass is 365 g/mol. The first-order valence-corrected chi connectivity index (χ1v) is 10.0. The maximum Gasteiger partial charge on any atom is 0.275 e. The van der Waals surface area contributed by atoms with E-state index in [2.05, 4.69) is 37.6 Å². The molecule has 1 aliphatic carbocycles. The van der Waals surface area contributed by atoms with E-state index in [1.54, 1.807) is 12.4 Å². The molecule has 1 aromatic carbocycles. The van der Waals surface area contributed by atoms with Gasteiger partial charge in [-0.2, -0.15) is 0 Å². The minimum absolute atomic E-state index is 0.236. The molecular weight excluding hydrogens is 338 g/mol. The molecule has 0 spiro atoms. The average Bonchev–Trinajstić information content (AvgIpc) is 3.25. The van der Waals surface area contributed by atoms with E-state index in [-0.39, 0.29) is 5.91 Å². The van der Waals surface area contributed by atoms with Crippen LogP contribution in [0.1, 0.15) is 55.4 Å². The molecule has 1 amide bonds. The second-order valence-electron chi connectivity index (χ2n) is 7.46. The van der Waals surface area contributed by atoms with Gasteiger partial charge in [-0.3, -0.25) is 4.79 Å². The number of carbonyl (C=O) groups is 1. The van der Waals surface area contributed by atoms with Crippen molar-refractivity contribution in [1.29, 1.82) is 0 Å². The number of anilines is 3. The third-order valence-corrected chi connectivity index (χ3v) is 5.44. The topological polar surface area (TPSA) is 70.2 Å². The van der Waals surface area contributed by atoms with Crippen LogP contribution in [0.15, 0.2) is 36.7 Å². The lowest BCUT2D eigenvalue weighted by Crippen LogP contribution is -2.23. The zero-order chi connectivity index (χ0) is 18.5. The van der Waals surface area contributed by atoms with Gasteiger partial charge in [0.05, 0.1) is 12.4 Å². The summed E-state index contributed by atoms with van der Waals surface area (Å²) in [6.45, 7) is 2.23. The number of aromatic nitrogens is 2. The molecule has 0 unspecified atom stereocenters. The van der Waals surface area contributed by atoms with Crippen LogP contribution in [0.25, 0.3) is 0 Å². The number of rotatable bonds is 5. The van der Waals surface area contributed by atoms with Gasteiger partial charge in [0.1, 0.15) is 11.5 Å². The summed E-state index contributed by atoms with van der Waals surface area (Å²) in [5, 5.41) is 6.32. The molecule has 2 fully saturated rings. The second kappa shape index (κ2) is 8.37. The average molecular weight is 365 g/mol.